The minimum Gasteiger partial charge on any atom is -0.351 e. The van der Waals surface area contributed by atoms with Gasteiger partial charge in [0, 0.05) is 11.3 Å². The zero-order valence-corrected chi connectivity index (χ0v) is 10.9. The van der Waals surface area contributed by atoms with E-state index in [0.29, 0.717) is 6.54 Å². The third-order valence-corrected chi connectivity index (χ3v) is 4.60. The van der Waals surface area contributed by atoms with Crippen LogP contribution in [-0.4, -0.2) is 23.5 Å². The lowest BCUT2D eigenvalue weighted by Crippen LogP contribution is -2.32. The fourth-order valence-electron chi connectivity index (χ4n) is 1.73. The molecule has 0 spiro atoms. The number of hydrogen-bond donors (Lipinski definition) is 1. The zero-order valence-electron chi connectivity index (χ0n) is 10.0. The number of halogens is 1. The molecule has 1 amide bonds. The second kappa shape index (κ2) is 4.69. The van der Waals surface area contributed by atoms with Crippen molar-refractivity contribution in [2.24, 2.45) is 0 Å². The van der Waals surface area contributed by atoms with Gasteiger partial charge in [-0.05, 0) is 43.7 Å². The van der Waals surface area contributed by atoms with E-state index in [9.17, 15) is 9.18 Å². The summed E-state index contributed by atoms with van der Waals surface area (Å²) in [6.45, 7) is 2.43. The highest BCUT2D eigenvalue weighted by Crippen LogP contribution is 2.46. The van der Waals surface area contributed by atoms with Crippen LogP contribution in [0.1, 0.15) is 28.8 Å². The number of nitrogens with one attached hydrogen (secondary N) is 1. The van der Waals surface area contributed by atoms with Gasteiger partial charge in [-0.3, -0.25) is 4.79 Å². The third kappa shape index (κ3) is 2.80. The van der Waals surface area contributed by atoms with Crippen molar-refractivity contribution in [3.05, 3.63) is 35.1 Å². The Labute approximate surface area is 105 Å². The van der Waals surface area contributed by atoms with E-state index in [1.165, 1.54) is 6.07 Å². The number of carbonyl (C=O) groups is 1. The number of benzene rings is 1. The third-order valence-electron chi connectivity index (χ3n) is 3.18. The molecular formula is C13H16FNOS. The topological polar surface area (TPSA) is 29.1 Å². The van der Waals surface area contributed by atoms with E-state index in [2.05, 4.69) is 5.32 Å². The average Bonchev–Trinajstić information content (AvgIpc) is 3.07. The number of carbonyl (C=O) groups excluding carboxylic acids is 1. The maximum atomic E-state index is 13.6. The van der Waals surface area contributed by atoms with Gasteiger partial charge in [0.15, 0.2) is 0 Å². The van der Waals surface area contributed by atoms with Crippen molar-refractivity contribution in [2.75, 3.05) is 12.8 Å². The predicted molar refractivity (Wildman–Crippen MR) is 69.0 cm³/mol. The summed E-state index contributed by atoms with van der Waals surface area (Å²) in [4.78, 5) is 11.8. The number of amides is 1. The smallest absolute Gasteiger partial charge is 0.254 e. The van der Waals surface area contributed by atoms with Gasteiger partial charge in [0.05, 0.1) is 5.56 Å². The van der Waals surface area contributed by atoms with E-state index in [4.69, 9.17) is 0 Å². The molecule has 17 heavy (non-hydrogen) atoms. The highest BCUT2D eigenvalue weighted by molar-refractivity contribution is 8.00. The molecule has 1 aromatic carbocycles. The lowest BCUT2D eigenvalue weighted by atomic mass is 10.1. The fraction of sp³-hybridized carbons (Fsp3) is 0.462. The molecule has 1 N–H and O–H groups in total. The Balaban J connectivity index is 2.00. The minimum absolute atomic E-state index is 0.132. The number of rotatable bonds is 4. The molecule has 1 aliphatic carbocycles. The highest BCUT2D eigenvalue weighted by Gasteiger charge is 2.42. The SMILES string of the molecule is CSC1(CNC(=O)c2ccc(C)cc2F)CC1. The van der Waals surface area contributed by atoms with Crippen molar-refractivity contribution >= 4 is 17.7 Å². The van der Waals surface area contributed by atoms with Crippen LogP contribution in [-0.2, 0) is 0 Å². The average molecular weight is 253 g/mol. The molecule has 0 heterocycles. The van der Waals surface area contributed by atoms with Crippen LogP contribution in [0, 0.1) is 12.7 Å². The van der Waals surface area contributed by atoms with E-state index in [-0.39, 0.29) is 16.2 Å². The Morgan fingerprint density at radius 1 is 1.53 bits per heavy atom. The molecule has 0 aliphatic heterocycles. The van der Waals surface area contributed by atoms with Crippen molar-refractivity contribution in [1.29, 1.82) is 0 Å². The monoisotopic (exact) mass is 253 g/mol. The summed E-state index contributed by atoms with van der Waals surface area (Å²) in [6, 6.07) is 4.68. The Bertz CT molecular complexity index is 443. The van der Waals surface area contributed by atoms with Gasteiger partial charge < -0.3 is 5.32 Å². The molecular weight excluding hydrogens is 237 g/mol. The van der Waals surface area contributed by atoms with Gasteiger partial charge in [0.2, 0.25) is 0 Å². The Kier molecular flexibility index (Phi) is 3.43. The Hall–Kier alpha value is -1.03. The molecule has 1 aliphatic rings. The largest absolute Gasteiger partial charge is 0.351 e. The molecule has 0 saturated heterocycles. The molecule has 1 aromatic rings. The number of hydrogen-bond acceptors (Lipinski definition) is 2. The van der Waals surface area contributed by atoms with Crippen LogP contribution in [0.2, 0.25) is 0 Å². The summed E-state index contributed by atoms with van der Waals surface area (Å²) in [6.07, 6.45) is 4.31. The maximum Gasteiger partial charge on any atom is 0.254 e. The van der Waals surface area contributed by atoms with Crippen molar-refractivity contribution in [3.63, 3.8) is 0 Å². The predicted octanol–water partition coefficient (Wildman–Crippen LogP) is 2.76. The summed E-state index contributed by atoms with van der Waals surface area (Å²) in [5, 5.41) is 2.81. The molecule has 1 fully saturated rings. The van der Waals surface area contributed by atoms with Crippen molar-refractivity contribution in [3.8, 4) is 0 Å². The summed E-state index contributed by atoms with van der Waals surface area (Å²) in [5.74, 6) is -0.765. The zero-order chi connectivity index (χ0) is 12.5. The second-order valence-corrected chi connectivity index (χ2v) is 5.83. The molecule has 2 rings (SSSR count). The van der Waals surface area contributed by atoms with Gasteiger partial charge in [0.1, 0.15) is 5.82 Å². The van der Waals surface area contributed by atoms with Gasteiger partial charge in [-0.15, -0.1) is 0 Å². The van der Waals surface area contributed by atoms with Gasteiger partial charge in [-0.25, -0.2) is 4.39 Å². The van der Waals surface area contributed by atoms with Gasteiger partial charge in [-0.1, -0.05) is 6.07 Å². The van der Waals surface area contributed by atoms with E-state index in [0.717, 1.165) is 18.4 Å². The van der Waals surface area contributed by atoms with Crippen LogP contribution in [0.25, 0.3) is 0 Å². The van der Waals surface area contributed by atoms with Crippen molar-refractivity contribution < 1.29 is 9.18 Å². The lowest BCUT2D eigenvalue weighted by molar-refractivity contribution is 0.0949. The van der Waals surface area contributed by atoms with Crippen molar-refractivity contribution in [2.45, 2.75) is 24.5 Å². The van der Waals surface area contributed by atoms with E-state index < -0.39 is 5.82 Å². The molecule has 4 heteroatoms. The summed E-state index contributed by atoms with van der Waals surface area (Å²) in [5.41, 5.74) is 0.953. The number of aryl methyl sites for hydroxylation is 1. The summed E-state index contributed by atoms with van der Waals surface area (Å²) >= 11 is 1.77. The molecule has 92 valence electrons. The lowest BCUT2D eigenvalue weighted by Gasteiger charge is -2.13. The van der Waals surface area contributed by atoms with Crippen LogP contribution < -0.4 is 5.32 Å². The fourth-order valence-corrected chi connectivity index (χ4v) is 2.46. The Morgan fingerprint density at radius 2 is 2.24 bits per heavy atom. The van der Waals surface area contributed by atoms with Crippen LogP contribution >= 0.6 is 11.8 Å². The molecule has 0 bridgehead atoms. The van der Waals surface area contributed by atoms with Gasteiger partial charge in [0.25, 0.3) is 5.91 Å². The van der Waals surface area contributed by atoms with Crippen molar-refractivity contribution in [1.82, 2.24) is 5.32 Å². The number of thioether (sulfide) groups is 1. The van der Waals surface area contributed by atoms with Crippen LogP contribution in [0.4, 0.5) is 4.39 Å². The molecule has 0 unspecified atom stereocenters. The quantitative estimate of drug-likeness (QED) is 0.894. The Morgan fingerprint density at radius 3 is 2.76 bits per heavy atom. The van der Waals surface area contributed by atoms with Crippen LogP contribution in [0.5, 0.6) is 0 Å². The summed E-state index contributed by atoms with van der Waals surface area (Å²) < 4.78 is 13.8. The molecule has 1 saturated carbocycles. The standard InChI is InChI=1S/C13H16FNOS/c1-9-3-4-10(11(14)7-9)12(16)15-8-13(17-2)5-6-13/h3-4,7H,5-6,8H2,1-2H3,(H,15,16). The first-order valence-corrected chi connectivity index (χ1v) is 6.88. The normalized spacial score (nSPS) is 16.6. The van der Waals surface area contributed by atoms with E-state index in [1.54, 1.807) is 30.8 Å². The first-order chi connectivity index (χ1) is 8.06. The first kappa shape index (κ1) is 12.4. The second-order valence-electron chi connectivity index (χ2n) is 4.55. The highest BCUT2D eigenvalue weighted by atomic mass is 32.2. The van der Waals surface area contributed by atoms with E-state index >= 15 is 0 Å². The maximum absolute atomic E-state index is 13.6. The van der Waals surface area contributed by atoms with Crippen LogP contribution in [0.15, 0.2) is 18.2 Å². The molecule has 0 atom stereocenters. The molecule has 0 aromatic heterocycles. The summed E-state index contributed by atoms with van der Waals surface area (Å²) in [7, 11) is 0. The van der Waals surface area contributed by atoms with E-state index in [1.807, 2.05) is 6.26 Å². The molecule has 0 radical (unpaired) electrons. The van der Waals surface area contributed by atoms with Gasteiger partial charge >= 0.3 is 0 Å². The first-order valence-electron chi connectivity index (χ1n) is 5.66. The van der Waals surface area contributed by atoms with Crippen LogP contribution in [0.3, 0.4) is 0 Å². The molecule has 2 nitrogen and oxygen atoms in total. The minimum atomic E-state index is -0.448. The van der Waals surface area contributed by atoms with Gasteiger partial charge in [-0.2, -0.15) is 11.8 Å².